The maximum Gasteiger partial charge on any atom is 0.124 e. The molecule has 0 aliphatic rings. The van der Waals surface area contributed by atoms with Crippen molar-refractivity contribution in [1.29, 1.82) is 0 Å². The fourth-order valence-electron chi connectivity index (χ4n) is 2.15. The maximum absolute atomic E-state index is 5.90. The summed E-state index contributed by atoms with van der Waals surface area (Å²) < 4.78 is 5.39. The summed E-state index contributed by atoms with van der Waals surface area (Å²) >= 11 is 0. The zero-order valence-electron chi connectivity index (χ0n) is 11.4. The Bertz CT molecular complexity index is 540. The topological polar surface area (TPSA) is 47.3 Å². The summed E-state index contributed by atoms with van der Waals surface area (Å²) in [5.41, 5.74) is 9.27. The van der Waals surface area contributed by atoms with Gasteiger partial charge in [-0.3, -0.25) is 0 Å². The number of methoxy groups -OCH3 is 1. The van der Waals surface area contributed by atoms with Gasteiger partial charge >= 0.3 is 0 Å². The van der Waals surface area contributed by atoms with Crippen molar-refractivity contribution in [1.82, 2.24) is 0 Å². The van der Waals surface area contributed by atoms with Crippen molar-refractivity contribution in [2.45, 2.75) is 13.0 Å². The molecule has 0 aromatic heterocycles. The van der Waals surface area contributed by atoms with Crippen LogP contribution in [0.1, 0.15) is 17.2 Å². The monoisotopic (exact) mass is 256 g/mol. The van der Waals surface area contributed by atoms with Gasteiger partial charge in [-0.2, -0.15) is 0 Å². The van der Waals surface area contributed by atoms with E-state index in [2.05, 4.69) is 24.4 Å². The Morgan fingerprint density at radius 3 is 2.63 bits per heavy atom. The van der Waals surface area contributed by atoms with Crippen LogP contribution in [0.2, 0.25) is 0 Å². The molecule has 2 rings (SSSR count). The van der Waals surface area contributed by atoms with E-state index in [9.17, 15) is 0 Å². The Morgan fingerprint density at radius 1 is 1.16 bits per heavy atom. The lowest BCUT2D eigenvalue weighted by Gasteiger charge is -2.21. The van der Waals surface area contributed by atoms with Crippen LogP contribution in [-0.4, -0.2) is 13.7 Å². The molecule has 0 aliphatic heterocycles. The number of hydrogen-bond acceptors (Lipinski definition) is 3. The number of para-hydroxylation sites is 1. The number of nitrogens with one attached hydrogen (secondary N) is 1. The Hall–Kier alpha value is -2.00. The average Bonchev–Trinajstić information content (AvgIpc) is 2.45. The standard InChI is InChI=1S/C16H20N2O/c1-12-6-5-7-13(10-12)18-15(11-17)14-8-3-4-9-16(14)19-2/h3-10,15,18H,11,17H2,1-2H3. The van der Waals surface area contributed by atoms with E-state index in [1.54, 1.807) is 7.11 Å². The molecule has 1 unspecified atom stereocenters. The molecule has 2 aromatic rings. The van der Waals surface area contributed by atoms with Gasteiger partial charge in [-0.25, -0.2) is 0 Å². The predicted octanol–water partition coefficient (Wildman–Crippen LogP) is 3.12. The number of hydrogen-bond donors (Lipinski definition) is 2. The van der Waals surface area contributed by atoms with Crippen LogP contribution in [0.15, 0.2) is 48.5 Å². The van der Waals surface area contributed by atoms with Gasteiger partial charge in [0.2, 0.25) is 0 Å². The summed E-state index contributed by atoms with van der Waals surface area (Å²) in [6.07, 6.45) is 0. The molecule has 0 bridgehead atoms. The molecule has 0 radical (unpaired) electrons. The van der Waals surface area contributed by atoms with Crippen molar-refractivity contribution in [2.24, 2.45) is 5.73 Å². The van der Waals surface area contributed by atoms with Crippen molar-refractivity contribution in [2.75, 3.05) is 19.0 Å². The zero-order valence-corrected chi connectivity index (χ0v) is 11.4. The van der Waals surface area contributed by atoms with Crippen LogP contribution < -0.4 is 15.8 Å². The van der Waals surface area contributed by atoms with Gasteiger partial charge in [-0.05, 0) is 30.7 Å². The van der Waals surface area contributed by atoms with E-state index in [4.69, 9.17) is 10.5 Å². The minimum atomic E-state index is 0.0398. The minimum Gasteiger partial charge on any atom is -0.496 e. The van der Waals surface area contributed by atoms with Gasteiger partial charge in [-0.1, -0.05) is 30.3 Å². The molecule has 3 nitrogen and oxygen atoms in total. The van der Waals surface area contributed by atoms with Crippen molar-refractivity contribution in [3.63, 3.8) is 0 Å². The first-order valence-electron chi connectivity index (χ1n) is 6.40. The van der Waals surface area contributed by atoms with E-state index in [0.29, 0.717) is 6.54 Å². The van der Waals surface area contributed by atoms with Crippen LogP contribution >= 0.6 is 0 Å². The lowest BCUT2D eigenvalue weighted by molar-refractivity contribution is 0.407. The van der Waals surface area contributed by atoms with Gasteiger partial charge in [0.05, 0.1) is 13.2 Å². The highest BCUT2D eigenvalue weighted by Crippen LogP contribution is 2.27. The third kappa shape index (κ3) is 3.26. The van der Waals surface area contributed by atoms with E-state index < -0.39 is 0 Å². The molecule has 2 aromatic carbocycles. The summed E-state index contributed by atoms with van der Waals surface area (Å²) in [6, 6.07) is 16.3. The molecule has 0 saturated heterocycles. The molecule has 0 amide bonds. The van der Waals surface area contributed by atoms with Gasteiger partial charge in [0.15, 0.2) is 0 Å². The fourth-order valence-corrected chi connectivity index (χ4v) is 2.15. The summed E-state index contributed by atoms with van der Waals surface area (Å²) in [6.45, 7) is 2.58. The third-order valence-electron chi connectivity index (χ3n) is 3.11. The number of ether oxygens (including phenoxy) is 1. The quantitative estimate of drug-likeness (QED) is 0.864. The van der Waals surface area contributed by atoms with Gasteiger partial charge in [0, 0.05) is 17.8 Å². The SMILES string of the molecule is COc1ccccc1C(CN)Nc1cccc(C)c1. The van der Waals surface area contributed by atoms with Crippen LogP contribution in [0.3, 0.4) is 0 Å². The summed E-state index contributed by atoms with van der Waals surface area (Å²) in [4.78, 5) is 0. The second kappa shape index (κ2) is 6.25. The molecule has 1 atom stereocenters. The first kappa shape index (κ1) is 13.4. The number of rotatable bonds is 5. The van der Waals surface area contributed by atoms with Gasteiger partial charge in [-0.15, -0.1) is 0 Å². The highest BCUT2D eigenvalue weighted by molar-refractivity contribution is 5.49. The van der Waals surface area contributed by atoms with E-state index in [-0.39, 0.29) is 6.04 Å². The summed E-state index contributed by atoms with van der Waals surface area (Å²) in [7, 11) is 1.68. The lowest BCUT2D eigenvalue weighted by Crippen LogP contribution is -2.21. The molecule has 0 saturated carbocycles. The van der Waals surface area contributed by atoms with Gasteiger partial charge in [0.25, 0.3) is 0 Å². The molecular weight excluding hydrogens is 236 g/mol. The number of benzene rings is 2. The average molecular weight is 256 g/mol. The van der Waals surface area contributed by atoms with Crippen LogP contribution in [0.25, 0.3) is 0 Å². The third-order valence-corrected chi connectivity index (χ3v) is 3.11. The molecule has 19 heavy (non-hydrogen) atoms. The van der Waals surface area contributed by atoms with Crippen molar-refractivity contribution in [3.05, 3.63) is 59.7 Å². The van der Waals surface area contributed by atoms with Gasteiger partial charge < -0.3 is 15.8 Å². The zero-order chi connectivity index (χ0) is 13.7. The Kier molecular flexibility index (Phi) is 4.42. The first-order valence-corrected chi connectivity index (χ1v) is 6.40. The van der Waals surface area contributed by atoms with Crippen LogP contribution in [-0.2, 0) is 0 Å². The second-order valence-corrected chi connectivity index (χ2v) is 4.54. The Balaban J connectivity index is 2.25. The molecule has 3 heteroatoms. The van der Waals surface area contributed by atoms with Crippen LogP contribution in [0.4, 0.5) is 5.69 Å². The molecular formula is C16H20N2O. The highest BCUT2D eigenvalue weighted by Gasteiger charge is 2.13. The fraction of sp³-hybridized carbons (Fsp3) is 0.250. The lowest BCUT2D eigenvalue weighted by atomic mass is 10.0. The highest BCUT2D eigenvalue weighted by atomic mass is 16.5. The normalized spacial score (nSPS) is 11.9. The molecule has 0 heterocycles. The first-order chi connectivity index (χ1) is 9.24. The summed E-state index contributed by atoms with van der Waals surface area (Å²) in [5, 5.41) is 3.46. The van der Waals surface area contributed by atoms with Crippen LogP contribution in [0, 0.1) is 6.92 Å². The van der Waals surface area contributed by atoms with Crippen molar-refractivity contribution in [3.8, 4) is 5.75 Å². The van der Waals surface area contributed by atoms with E-state index in [0.717, 1.165) is 17.0 Å². The Morgan fingerprint density at radius 2 is 1.95 bits per heavy atom. The number of anilines is 1. The molecule has 0 fully saturated rings. The molecule has 0 spiro atoms. The van der Waals surface area contributed by atoms with E-state index >= 15 is 0 Å². The number of nitrogens with two attached hydrogens (primary N) is 1. The Labute approximate surface area is 114 Å². The van der Waals surface area contributed by atoms with E-state index in [1.807, 2.05) is 36.4 Å². The molecule has 3 N–H and O–H groups in total. The molecule has 0 aliphatic carbocycles. The predicted molar refractivity (Wildman–Crippen MR) is 79.6 cm³/mol. The van der Waals surface area contributed by atoms with Crippen molar-refractivity contribution >= 4 is 5.69 Å². The maximum atomic E-state index is 5.90. The minimum absolute atomic E-state index is 0.0398. The van der Waals surface area contributed by atoms with Crippen molar-refractivity contribution < 1.29 is 4.74 Å². The largest absolute Gasteiger partial charge is 0.496 e. The number of aryl methyl sites for hydroxylation is 1. The van der Waals surface area contributed by atoms with Gasteiger partial charge in [0.1, 0.15) is 5.75 Å². The summed E-state index contributed by atoms with van der Waals surface area (Å²) in [5.74, 6) is 0.859. The van der Waals surface area contributed by atoms with E-state index in [1.165, 1.54) is 5.56 Å². The van der Waals surface area contributed by atoms with Crippen LogP contribution in [0.5, 0.6) is 5.75 Å². The molecule has 100 valence electrons. The second-order valence-electron chi connectivity index (χ2n) is 4.54. The smallest absolute Gasteiger partial charge is 0.124 e.